The highest BCUT2D eigenvalue weighted by molar-refractivity contribution is 5.87. The molecule has 4 fully saturated rings. The van der Waals surface area contributed by atoms with E-state index in [1.54, 1.807) is 11.0 Å². The second-order valence-electron chi connectivity index (χ2n) is 9.80. The minimum absolute atomic E-state index is 0.0170. The van der Waals surface area contributed by atoms with Crippen molar-refractivity contribution in [1.29, 1.82) is 5.26 Å². The van der Waals surface area contributed by atoms with Gasteiger partial charge in [0.15, 0.2) is 0 Å². The molecule has 3 aliphatic heterocycles. The number of nitrogens with two attached hydrogens (primary N) is 1. The van der Waals surface area contributed by atoms with Gasteiger partial charge in [-0.3, -0.25) is 14.5 Å². The Hall–Kier alpha value is -2.50. The molecular formula is C23H26FN5O2. The highest BCUT2D eigenvalue weighted by Gasteiger charge is 2.56. The van der Waals surface area contributed by atoms with Crippen LogP contribution in [-0.2, 0) is 16.0 Å². The molecule has 2 amide bonds. The quantitative estimate of drug-likeness (QED) is 0.778. The molecule has 3 heterocycles. The van der Waals surface area contributed by atoms with Crippen LogP contribution in [0.15, 0.2) is 18.2 Å². The molecule has 162 valence electrons. The van der Waals surface area contributed by atoms with Crippen molar-refractivity contribution in [3.63, 3.8) is 0 Å². The summed E-state index contributed by atoms with van der Waals surface area (Å²) in [6.45, 7) is 1.05. The number of piperazine rings is 1. The number of halogens is 1. The maximum atomic E-state index is 13.6. The fourth-order valence-electron chi connectivity index (χ4n) is 6.56. The maximum absolute atomic E-state index is 13.6. The zero-order chi connectivity index (χ0) is 21.4. The number of benzene rings is 1. The van der Waals surface area contributed by atoms with Crippen LogP contribution in [0, 0.1) is 23.1 Å². The first-order valence-electron chi connectivity index (χ1n) is 11.3. The summed E-state index contributed by atoms with van der Waals surface area (Å²) in [6, 6.07) is 6.11. The summed E-state index contributed by atoms with van der Waals surface area (Å²) in [5.74, 6) is 0.168. The van der Waals surface area contributed by atoms with Gasteiger partial charge in [0.2, 0.25) is 11.8 Å². The SMILES string of the molecule is N#CC1C[C@@H]2C[C@@H]2N1C(=O)C(N)CN1C[C@@H]2C[C@H]1C(=O)N2C1CCc2cc(F)ccc21. The fraction of sp³-hybridized carbons (Fsp3) is 0.609. The van der Waals surface area contributed by atoms with Crippen LogP contribution < -0.4 is 5.73 Å². The number of likely N-dealkylation sites (tertiary alicyclic amines) is 3. The van der Waals surface area contributed by atoms with Gasteiger partial charge in [0, 0.05) is 25.2 Å². The predicted molar refractivity (Wildman–Crippen MR) is 109 cm³/mol. The molecule has 31 heavy (non-hydrogen) atoms. The molecule has 2 aliphatic carbocycles. The number of hydrogen-bond acceptors (Lipinski definition) is 5. The van der Waals surface area contributed by atoms with Gasteiger partial charge in [-0.2, -0.15) is 5.26 Å². The Morgan fingerprint density at radius 3 is 2.90 bits per heavy atom. The van der Waals surface area contributed by atoms with E-state index < -0.39 is 6.04 Å². The minimum atomic E-state index is -0.717. The molecule has 0 spiro atoms. The molecule has 2 bridgehead atoms. The van der Waals surface area contributed by atoms with Gasteiger partial charge in [-0.05, 0) is 61.3 Å². The summed E-state index contributed by atoms with van der Waals surface area (Å²) in [7, 11) is 0. The Bertz CT molecular complexity index is 1010. The van der Waals surface area contributed by atoms with Crippen LogP contribution in [0.1, 0.15) is 42.9 Å². The monoisotopic (exact) mass is 423 g/mol. The lowest BCUT2D eigenvalue weighted by Crippen LogP contribution is -2.57. The predicted octanol–water partition coefficient (Wildman–Crippen LogP) is 0.938. The van der Waals surface area contributed by atoms with Gasteiger partial charge < -0.3 is 15.5 Å². The standard InChI is InChI=1S/C23H26FN5O2/c24-14-2-3-17-12(5-14)1-4-19(17)29-16-8-21(23(29)31)27(10-16)11-18(26)22(30)28-15(9-25)6-13-7-20(13)28/h2-3,5,13,15-16,18-21H,1,4,6-8,10-11,26H2/t13-,15?,16+,18?,19?,20+,21+/m1/s1. The van der Waals surface area contributed by atoms with Crippen LogP contribution in [0.3, 0.4) is 0 Å². The topological polar surface area (TPSA) is 93.7 Å². The number of piperidine rings is 1. The molecule has 0 radical (unpaired) electrons. The van der Waals surface area contributed by atoms with E-state index in [2.05, 4.69) is 11.0 Å². The number of amides is 2. The van der Waals surface area contributed by atoms with Gasteiger partial charge in [0.1, 0.15) is 11.9 Å². The molecular weight excluding hydrogens is 397 g/mol. The van der Waals surface area contributed by atoms with Crippen molar-refractivity contribution >= 4 is 11.8 Å². The van der Waals surface area contributed by atoms with Crippen molar-refractivity contribution in [2.24, 2.45) is 11.7 Å². The molecule has 2 N–H and O–H groups in total. The second kappa shape index (κ2) is 6.75. The Kier molecular flexibility index (Phi) is 4.18. The zero-order valence-electron chi connectivity index (χ0n) is 17.3. The first kappa shape index (κ1) is 19.2. The van der Waals surface area contributed by atoms with E-state index in [4.69, 9.17) is 5.73 Å². The average Bonchev–Trinajstić information content (AvgIpc) is 3.08. The number of fused-ring (bicyclic) bond motifs is 4. The third kappa shape index (κ3) is 2.83. The highest BCUT2D eigenvalue weighted by atomic mass is 19.1. The van der Waals surface area contributed by atoms with E-state index in [1.807, 2.05) is 11.0 Å². The van der Waals surface area contributed by atoms with Crippen molar-refractivity contribution in [1.82, 2.24) is 14.7 Å². The number of aryl methyl sites for hydroxylation is 1. The van der Waals surface area contributed by atoms with E-state index in [-0.39, 0.29) is 47.8 Å². The molecule has 3 unspecified atom stereocenters. The van der Waals surface area contributed by atoms with Crippen LogP contribution in [0.4, 0.5) is 4.39 Å². The van der Waals surface area contributed by atoms with E-state index in [0.29, 0.717) is 19.0 Å². The number of hydrogen-bond donors (Lipinski definition) is 1. The molecule has 7 atom stereocenters. The zero-order valence-corrected chi connectivity index (χ0v) is 17.3. The summed E-state index contributed by atoms with van der Waals surface area (Å²) >= 11 is 0. The Morgan fingerprint density at radius 2 is 2.13 bits per heavy atom. The third-order valence-corrected chi connectivity index (χ3v) is 8.06. The molecule has 8 heteroatoms. The number of carbonyl (C=O) groups is 2. The highest BCUT2D eigenvalue weighted by Crippen LogP contribution is 2.48. The van der Waals surface area contributed by atoms with Gasteiger partial charge in [-0.25, -0.2) is 4.39 Å². The molecule has 1 aromatic rings. The largest absolute Gasteiger partial charge is 0.330 e. The number of rotatable bonds is 4. The first-order chi connectivity index (χ1) is 15.0. The number of nitrogens with zero attached hydrogens (tertiary/aromatic N) is 4. The first-order valence-corrected chi connectivity index (χ1v) is 11.3. The lowest BCUT2D eigenvalue weighted by molar-refractivity contribution is -0.141. The normalized spacial score (nSPS) is 36.5. The third-order valence-electron chi connectivity index (χ3n) is 8.06. The molecule has 0 aromatic heterocycles. The van der Waals surface area contributed by atoms with Gasteiger partial charge in [0.25, 0.3) is 0 Å². The minimum Gasteiger partial charge on any atom is -0.330 e. The lowest BCUT2D eigenvalue weighted by atomic mass is 10.1. The van der Waals surface area contributed by atoms with E-state index >= 15 is 0 Å². The lowest BCUT2D eigenvalue weighted by Gasteiger charge is -2.38. The summed E-state index contributed by atoms with van der Waals surface area (Å²) in [5, 5.41) is 9.36. The molecule has 1 saturated carbocycles. The van der Waals surface area contributed by atoms with E-state index in [9.17, 15) is 19.2 Å². The molecule has 1 aromatic carbocycles. The summed E-state index contributed by atoms with van der Waals surface area (Å²) in [6.07, 6.45) is 4.11. The number of nitriles is 1. The maximum Gasteiger partial charge on any atom is 0.242 e. The van der Waals surface area contributed by atoms with Crippen molar-refractivity contribution in [3.05, 3.63) is 35.1 Å². The summed E-state index contributed by atoms with van der Waals surface area (Å²) in [4.78, 5) is 31.9. The molecule has 6 rings (SSSR count). The number of carbonyl (C=O) groups excluding carboxylic acids is 2. The molecule has 7 nitrogen and oxygen atoms in total. The van der Waals surface area contributed by atoms with Crippen LogP contribution >= 0.6 is 0 Å². The smallest absolute Gasteiger partial charge is 0.242 e. The molecule has 3 saturated heterocycles. The van der Waals surface area contributed by atoms with Crippen LogP contribution in [0.25, 0.3) is 0 Å². The Balaban J connectivity index is 1.13. The Morgan fingerprint density at radius 1 is 1.29 bits per heavy atom. The fourth-order valence-corrected chi connectivity index (χ4v) is 6.56. The van der Waals surface area contributed by atoms with E-state index in [1.165, 1.54) is 6.07 Å². The Labute approximate surface area is 180 Å². The van der Waals surface area contributed by atoms with Crippen LogP contribution in [0.2, 0.25) is 0 Å². The van der Waals surface area contributed by atoms with Crippen molar-refractivity contribution in [2.45, 2.75) is 68.4 Å². The van der Waals surface area contributed by atoms with Gasteiger partial charge >= 0.3 is 0 Å². The van der Waals surface area contributed by atoms with Crippen molar-refractivity contribution in [2.75, 3.05) is 13.1 Å². The van der Waals surface area contributed by atoms with Gasteiger partial charge in [-0.15, -0.1) is 0 Å². The van der Waals surface area contributed by atoms with Crippen LogP contribution in [-0.4, -0.2) is 69.8 Å². The van der Waals surface area contributed by atoms with Crippen molar-refractivity contribution < 1.29 is 14.0 Å². The van der Waals surface area contributed by atoms with Crippen molar-refractivity contribution in [3.8, 4) is 6.07 Å². The van der Waals surface area contributed by atoms with E-state index in [0.717, 1.165) is 43.2 Å². The average molecular weight is 423 g/mol. The van der Waals surface area contributed by atoms with Crippen LogP contribution in [0.5, 0.6) is 0 Å². The summed E-state index contributed by atoms with van der Waals surface area (Å²) < 4.78 is 13.6. The van der Waals surface area contributed by atoms with Gasteiger partial charge in [-0.1, -0.05) is 6.07 Å². The second-order valence-corrected chi connectivity index (χ2v) is 9.80. The summed E-state index contributed by atoms with van der Waals surface area (Å²) in [5.41, 5.74) is 8.35. The molecule has 5 aliphatic rings. The van der Waals surface area contributed by atoms with Gasteiger partial charge in [0.05, 0.1) is 24.2 Å².